The zero-order valence-corrected chi connectivity index (χ0v) is 47.0. The number of nitro benzene ring substituents is 1. The fraction of sp³-hybridized carbons (Fsp3) is 0.475. The van der Waals surface area contributed by atoms with Crippen molar-refractivity contribution in [1.29, 1.82) is 0 Å². The number of piperazine rings is 1. The van der Waals surface area contributed by atoms with Crippen LogP contribution in [0, 0.1) is 28.4 Å². The lowest BCUT2D eigenvalue weighted by Gasteiger charge is -2.58. The minimum absolute atomic E-state index is 0.0275. The highest BCUT2D eigenvalue weighted by molar-refractivity contribution is 7.90. The van der Waals surface area contributed by atoms with Crippen LogP contribution in [0.25, 0.3) is 11.0 Å². The number of aromatic nitrogens is 2. The number of aromatic amines is 1. The maximum atomic E-state index is 14.9. The van der Waals surface area contributed by atoms with Gasteiger partial charge in [0.2, 0.25) is 5.88 Å². The highest BCUT2D eigenvalue weighted by Gasteiger charge is 2.51. The number of H-pyrrole nitrogens is 1. The van der Waals surface area contributed by atoms with E-state index < -0.39 is 37.5 Å². The van der Waals surface area contributed by atoms with Gasteiger partial charge in [0.1, 0.15) is 29.8 Å². The molecule has 6 aliphatic heterocycles. The van der Waals surface area contributed by atoms with Crippen molar-refractivity contribution in [2.45, 2.75) is 114 Å². The van der Waals surface area contributed by atoms with E-state index in [-0.39, 0.29) is 59.2 Å². The fourth-order valence-corrected chi connectivity index (χ4v) is 14.8. The third-order valence-corrected chi connectivity index (χ3v) is 19.4. The average molecular weight is 1120 g/mol. The molecule has 1 amide bonds. The van der Waals surface area contributed by atoms with Gasteiger partial charge in [-0.1, -0.05) is 48.0 Å². The van der Waals surface area contributed by atoms with Gasteiger partial charge in [0, 0.05) is 100 Å². The lowest BCUT2D eigenvalue weighted by molar-refractivity contribution is -0.384. The first-order valence-electron chi connectivity index (χ1n) is 28.8. The Kier molecular flexibility index (Phi) is 14.3. The van der Waals surface area contributed by atoms with E-state index in [4.69, 9.17) is 28.7 Å². The van der Waals surface area contributed by atoms with Gasteiger partial charge in [0.05, 0.1) is 51.9 Å². The number of aryl methyl sites for hydroxylation is 1. The second-order valence-corrected chi connectivity index (χ2v) is 25.3. The number of nitro groups is 1. The summed E-state index contributed by atoms with van der Waals surface area (Å²) in [5.74, 6) is 0.618. The molecule has 7 aliphatic rings. The number of hydrogen-bond donors (Lipinski definition) is 3. The summed E-state index contributed by atoms with van der Waals surface area (Å²) >= 11 is 0. The van der Waals surface area contributed by atoms with E-state index in [2.05, 4.69) is 104 Å². The first-order valence-corrected chi connectivity index (χ1v) is 30.3. The standard InChI is InChI=1S/C61H71N9O10S/c1-38(2)79-54-7-5-4-6-46(54)53-35-66(34-40-10-8-39(3)9-11-40)23-24-68(53)44-32-61(33-44)18-21-67(22-19-61)43-12-13-47(50(29-43)69-49-17-27-77-37-56(49)80-60-52(69)28-42-14-20-62-58(42)64-60)59(71)65-81(74,75)45-30-51(70(72)73)57-55(31-45)78-36-48(63-57)41-15-25-76-26-16-41/h4-14,20,28-31,38,41,44,48-49,53,56,63H,15-19,21-27,32-37H2,1-3H3,(H,62,64)(H,65,71)/t48-,49-,53-,56-/m0/s1. The van der Waals surface area contributed by atoms with Gasteiger partial charge in [-0.25, -0.2) is 13.1 Å². The number of fused-ring (bicyclic) bond motifs is 4. The molecule has 6 aromatic rings. The first kappa shape index (κ1) is 53.3. The number of piperidine rings is 1. The summed E-state index contributed by atoms with van der Waals surface area (Å²) in [5.41, 5.74) is 6.46. The second-order valence-electron chi connectivity index (χ2n) is 23.6. The number of ether oxygens (including phenoxy) is 5. The van der Waals surface area contributed by atoms with Gasteiger partial charge in [-0.15, -0.1) is 0 Å². The topological polar surface area (TPSA) is 206 Å². The largest absolute Gasteiger partial charge is 0.491 e. The highest BCUT2D eigenvalue weighted by Crippen LogP contribution is 2.54. The molecule has 0 bridgehead atoms. The van der Waals surface area contributed by atoms with Crippen LogP contribution in [0.15, 0.2) is 102 Å². The lowest BCUT2D eigenvalue weighted by Crippen LogP contribution is -2.59. The fourth-order valence-electron chi connectivity index (χ4n) is 13.8. The van der Waals surface area contributed by atoms with Crippen LogP contribution in [0.2, 0.25) is 0 Å². The molecule has 4 atom stereocenters. The zero-order chi connectivity index (χ0) is 55.6. The number of hydrogen-bond acceptors (Lipinski definition) is 16. The van der Waals surface area contributed by atoms with Crippen LogP contribution in [0.3, 0.4) is 0 Å². The van der Waals surface area contributed by atoms with E-state index in [1.54, 1.807) is 6.07 Å². The zero-order valence-electron chi connectivity index (χ0n) is 46.2. The van der Waals surface area contributed by atoms with Crippen LogP contribution >= 0.6 is 0 Å². The molecule has 3 N–H and O–H groups in total. The minimum atomic E-state index is -4.71. The summed E-state index contributed by atoms with van der Waals surface area (Å²) in [7, 11) is -4.71. The molecule has 1 spiro atoms. The number of carbonyl (C=O) groups excluding carboxylic acids is 1. The summed E-state index contributed by atoms with van der Waals surface area (Å²) in [4.78, 5) is 44.3. The van der Waals surface area contributed by atoms with Crippen LogP contribution in [-0.4, -0.2) is 135 Å². The van der Waals surface area contributed by atoms with Crippen molar-refractivity contribution in [3.8, 4) is 17.4 Å². The quantitative estimate of drug-likeness (QED) is 0.0728. The molecule has 5 fully saturated rings. The average Bonchev–Trinajstić information content (AvgIpc) is 4.04. The molecule has 20 heteroatoms. The molecule has 0 radical (unpaired) electrons. The molecule has 81 heavy (non-hydrogen) atoms. The Labute approximate surface area is 472 Å². The van der Waals surface area contributed by atoms with Crippen LogP contribution in [0.1, 0.15) is 91.9 Å². The Morgan fingerprint density at radius 3 is 2.49 bits per heavy atom. The number of amides is 1. The molecule has 1 saturated carbocycles. The smallest absolute Gasteiger partial charge is 0.297 e. The SMILES string of the molecule is Cc1ccc(CN2CCN(C3CC4(CCN(c5ccc(C(=O)NS(=O)(=O)c6cc7c(c([N+](=O)[O-])c6)N[C@H](C6CCOCC6)CO7)c(N6c7cc8cc[nH]c8nc7O[C@H]7COCC[C@@H]76)c5)CC4)C3)[C@H](c3ccccc3OC(C)C)C2)cc1. The molecular weight excluding hydrogens is 1050 g/mol. The Balaban J connectivity index is 0.775. The number of sulfonamides is 1. The molecule has 2 aromatic heterocycles. The second kappa shape index (κ2) is 21.7. The molecule has 0 unspecified atom stereocenters. The van der Waals surface area contributed by atoms with Gasteiger partial charge in [0.15, 0.2) is 11.4 Å². The molecule has 4 saturated heterocycles. The summed E-state index contributed by atoms with van der Waals surface area (Å²) in [6.45, 7) is 13.8. The van der Waals surface area contributed by atoms with Crippen LogP contribution in [-0.2, 0) is 26.0 Å². The Morgan fingerprint density at radius 2 is 1.70 bits per heavy atom. The third-order valence-electron chi connectivity index (χ3n) is 18.1. The normalized spacial score (nSPS) is 23.4. The van der Waals surface area contributed by atoms with E-state index in [9.17, 15) is 23.3 Å². The molecule has 13 rings (SSSR count). The summed E-state index contributed by atoms with van der Waals surface area (Å²) in [5, 5.41) is 16.7. The van der Waals surface area contributed by atoms with Crippen molar-refractivity contribution in [2.75, 3.05) is 80.9 Å². The third kappa shape index (κ3) is 10.5. The molecule has 4 aromatic carbocycles. The summed E-state index contributed by atoms with van der Waals surface area (Å²) in [6.07, 6.45) is 7.76. The first-order chi connectivity index (χ1) is 39.2. The number of para-hydroxylation sites is 1. The van der Waals surface area contributed by atoms with Crippen molar-refractivity contribution in [3.63, 3.8) is 0 Å². The molecule has 8 heterocycles. The number of pyridine rings is 1. The maximum Gasteiger partial charge on any atom is 0.297 e. The predicted octanol–water partition coefficient (Wildman–Crippen LogP) is 9.28. The Bertz CT molecular complexity index is 3450. The van der Waals surface area contributed by atoms with Gasteiger partial charge in [-0.2, -0.15) is 4.98 Å². The van der Waals surface area contributed by atoms with Crippen LogP contribution in [0.5, 0.6) is 17.4 Å². The molecule has 1 aliphatic carbocycles. The molecular formula is C61H71N9O10S. The van der Waals surface area contributed by atoms with Crippen LogP contribution in [0.4, 0.5) is 28.4 Å². The number of nitrogens with one attached hydrogen (secondary N) is 3. The highest BCUT2D eigenvalue weighted by atomic mass is 32.2. The van der Waals surface area contributed by atoms with E-state index >= 15 is 0 Å². The number of carbonyl (C=O) groups is 1. The monoisotopic (exact) mass is 1120 g/mol. The van der Waals surface area contributed by atoms with Gasteiger partial charge < -0.3 is 43.8 Å². The number of anilines is 4. The molecule has 426 valence electrons. The maximum absolute atomic E-state index is 14.9. The number of nitrogens with zero attached hydrogens (tertiary/aromatic N) is 6. The molecule has 19 nitrogen and oxygen atoms in total. The van der Waals surface area contributed by atoms with E-state index in [0.29, 0.717) is 61.8 Å². The van der Waals surface area contributed by atoms with Gasteiger partial charge in [0.25, 0.3) is 21.6 Å². The van der Waals surface area contributed by atoms with E-state index in [1.807, 2.05) is 30.5 Å². The number of rotatable bonds is 13. The summed E-state index contributed by atoms with van der Waals surface area (Å²) < 4.78 is 61.8. The van der Waals surface area contributed by atoms with Gasteiger partial charge in [-0.3, -0.25) is 24.7 Å². The van der Waals surface area contributed by atoms with Crippen molar-refractivity contribution in [1.82, 2.24) is 24.5 Å². The van der Waals surface area contributed by atoms with Gasteiger partial charge in [-0.05, 0) is 119 Å². The lowest BCUT2D eigenvalue weighted by atomic mass is 9.59. The number of benzene rings is 4. The van der Waals surface area contributed by atoms with Crippen molar-refractivity contribution in [2.24, 2.45) is 11.3 Å². The van der Waals surface area contributed by atoms with Crippen LogP contribution < -0.4 is 34.0 Å². The van der Waals surface area contributed by atoms with E-state index in [0.717, 1.165) is 101 Å². The Hall–Kier alpha value is -6.97. The van der Waals surface area contributed by atoms with Crippen molar-refractivity contribution >= 4 is 55.4 Å². The minimum Gasteiger partial charge on any atom is -0.491 e. The Morgan fingerprint density at radius 1 is 0.914 bits per heavy atom. The predicted molar refractivity (Wildman–Crippen MR) is 308 cm³/mol. The van der Waals surface area contributed by atoms with E-state index in [1.165, 1.54) is 22.8 Å². The van der Waals surface area contributed by atoms with Gasteiger partial charge >= 0.3 is 0 Å². The van der Waals surface area contributed by atoms with Crippen molar-refractivity contribution < 1.29 is 41.8 Å². The van der Waals surface area contributed by atoms with Crippen molar-refractivity contribution in [3.05, 3.63) is 130 Å². The summed E-state index contributed by atoms with van der Waals surface area (Å²) in [6, 6.07) is 29.4.